The van der Waals surface area contributed by atoms with Crippen LogP contribution in [0.3, 0.4) is 0 Å². The van der Waals surface area contributed by atoms with E-state index in [9.17, 15) is 14.4 Å². The monoisotopic (exact) mass is 373 g/mol. The minimum atomic E-state index is -0.173. The summed E-state index contributed by atoms with van der Waals surface area (Å²) in [6, 6.07) is 7.68. The van der Waals surface area contributed by atoms with Gasteiger partial charge in [-0.05, 0) is 38.8 Å². The topological polar surface area (TPSA) is 70.2 Å². The summed E-state index contributed by atoms with van der Waals surface area (Å²) in [5.74, 6) is -0.357. The van der Waals surface area contributed by atoms with Gasteiger partial charge in [0.15, 0.2) is 0 Å². The fraction of sp³-hybridized carbons (Fsp3) is 0.550. The minimum absolute atomic E-state index is 0.0589. The second-order valence-electron chi connectivity index (χ2n) is 7.10. The highest BCUT2D eigenvalue weighted by molar-refractivity contribution is 5.96. The van der Waals surface area contributed by atoms with E-state index in [0.717, 1.165) is 11.3 Å². The fourth-order valence-electron chi connectivity index (χ4n) is 3.58. The number of carbonyl (C=O) groups excluding carboxylic acids is 3. The third-order valence-electron chi connectivity index (χ3n) is 5.23. The lowest BCUT2D eigenvalue weighted by Crippen LogP contribution is -2.46. The molecule has 3 amide bonds. The van der Waals surface area contributed by atoms with E-state index in [4.69, 9.17) is 4.74 Å². The first kappa shape index (κ1) is 19.2. The molecule has 1 aromatic carbocycles. The molecule has 1 aromatic rings. The predicted octanol–water partition coefficient (Wildman–Crippen LogP) is 2.04. The van der Waals surface area contributed by atoms with Crippen molar-refractivity contribution in [2.45, 2.75) is 26.7 Å². The smallest absolute Gasteiger partial charge is 0.325 e. The van der Waals surface area contributed by atoms with Gasteiger partial charge in [-0.2, -0.15) is 0 Å². The Morgan fingerprint density at radius 2 is 1.74 bits per heavy atom. The number of hydrogen-bond donors (Lipinski definition) is 0. The van der Waals surface area contributed by atoms with Crippen LogP contribution < -0.4 is 4.90 Å². The summed E-state index contributed by atoms with van der Waals surface area (Å²) < 4.78 is 5.06. The van der Waals surface area contributed by atoms with Crippen LogP contribution in [0.4, 0.5) is 10.5 Å². The van der Waals surface area contributed by atoms with Crippen molar-refractivity contribution in [1.82, 2.24) is 9.80 Å². The Morgan fingerprint density at radius 1 is 1.07 bits per heavy atom. The molecule has 2 aliphatic rings. The maximum atomic E-state index is 12.6. The Labute approximate surface area is 159 Å². The quantitative estimate of drug-likeness (QED) is 0.741. The van der Waals surface area contributed by atoms with Gasteiger partial charge in [0.1, 0.15) is 6.54 Å². The maximum absolute atomic E-state index is 12.6. The van der Waals surface area contributed by atoms with Gasteiger partial charge >= 0.3 is 12.0 Å². The van der Waals surface area contributed by atoms with Crippen molar-refractivity contribution in [2.24, 2.45) is 5.92 Å². The Morgan fingerprint density at radius 3 is 2.37 bits per heavy atom. The number of nitrogens with zero attached hydrogens (tertiary/aromatic N) is 3. The number of ether oxygens (including phenoxy) is 1. The molecule has 146 valence electrons. The van der Waals surface area contributed by atoms with Crippen molar-refractivity contribution >= 4 is 23.6 Å². The number of aryl methyl sites for hydroxylation is 1. The van der Waals surface area contributed by atoms with Gasteiger partial charge in [-0.25, -0.2) is 4.79 Å². The van der Waals surface area contributed by atoms with E-state index in [2.05, 4.69) is 0 Å². The normalized spacial score (nSPS) is 18.1. The van der Waals surface area contributed by atoms with E-state index in [1.54, 1.807) is 21.6 Å². The van der Waals surface area contributed by atoms with E-state index < -0.39 is 0 Å². The molecule has 2 saturated heterocycles. The molecule has 0 atom stereocenters. The lowest BCUT2D eigenvalue weighted by atomic mass is 9.97. The van der Waals surface area contributed by atoms with Crippen LogP contribution in [0.5, 0.6) is 0 Å². The molecule has 0 saturated carbocycles. The standard InChI is InChI=1S/C20H27N3O4/c1-3-27-19(25)16-8-10-21(11-9-16)18(24)14-22-12-13-23(20(22)26)17-6-4-15(2)5-7-17/h4-7,16H,3,8-14H2,1-2H3. The Balaban J connectivity index is 1.51. The van der Waals surface area contributed by atoms with Gasteiger partial charge in [-0.1, -0.05) is 17.7 Å². The zero-order chi connectivity index (χ0) is 19.4. The number of amides is 3. The van der Waals surface area contributed by atoms with Gasteiger partial charge in [-0.3, -0.25) is 14.5 Å². The van der Waals surface area contributed by atoms with Crippen LogP contribution in [0, 0.1) is 12.8 Å². The number of carbonyl (C=O) groups is 3. The highest BCUT2D eigenvalue weighted by Gasteiger charge is 2.33. The average Bonchev–Trinajstić information content (AvgIpc) is 3.03. The number of rotatable bonds is 5. The second-order valence-corrected chi connectivity index (χ2v) is 7.10. The molecule has 2 aliphatic heterocycles. The Kier molecular flexibility index (Phi) is 5.98. The molecule has 0 bridgehead atoms. The summed E-state index contributed by atoms with van der Waals surface area (Å²) in [7, 11) is 0. The number of urea groups is 1. The van der Waals surface area contributed by atoms with Crippen LogP contribution in [0.1, 0.15) is 25.3 Å². The summed E-state index contributed by atoms with van der Waals surface area (Å²) in [5, 5.41) is 0. The van der Waals surface area contributed by atoms with Gasteiger partial charge in [-0.15, -0.1) is 0 Å². The van der Waals surface area contributed by atoms with E-state index in [1.165, 1.54) is 0 Å². The molecule has 3 rings (SSSR count). The van der Waals surface area contributed by atoms with Gasteiger partial charge in [0.05, 0.1) is 12.5 Å². The predicted molar refractivity (Wildman–Crippen MR) is 101 cm³/mol. The first-order valence-electron chi connectivity index (χ1n) is 9.57. The molecule has 7 nitrogen and oxygen atoms in total. The zero-order valence-corrected chi connectivity index (χ0v) is 16.0. The molecular formula is C20H27N3O4. The van der Waals surface area contributed by atoms with Gasteiger partial charge in [0.25, 0.3) is 0 Å². The number of esters is 1. The molecule has 7 heteroatoms. The number of hydrogen-bond acceptors (Lipinski definition) is 4. The van der Waals surface area contributed by atoms with Crippen molar-refractivity contribution in [3.8, 4) is 0 Å². The SMILES string of the molecule is CCOC(=O)C1CCN(C(=O)CN2CCN(c3ccc(C)cc3)C2=O)CC1. The van der Waals surface area contributed by atoms with Crippen LogP contribution in [0.25, 0.3) is 0 Å². The van der Waals surface area contributed by atoms with Gasteiger partial charge in [0, 0.05) is 31.9 Å². The first-order valence-corrected chi connectivity index (χ1v) is 9.57. The Hall–Kier alpha value is -2.57. The van der Waals surface area contributed by atoms with Crippen LogP contribution in [0.2, 0.25) is 0 Å². The molecule has 27 heavy (non-hydrogen) atoms. The lowest BCUT2D eigenvalue weighted by Gasteiger charge is -2.32. The molecule has 0 aromatic heterocycles. The number of anilines is 1. The van der Waals surface area contributed by atoms with Crippen molar-refractivity contribution in [3.63, 3.8) is 0 Å². The molecule has 2 fully saturated rings. The van der Waals surface area contributed by atoms with Crippen molar-refractivity contribution in [2.75, 3.05) is 44.2 Å². The summed E-state index contributed by atoms with van der Waals surface area (Å²) in [6.07, 6.45) is 1.24. The highest BCUT2D eigenvalue weighted by atomic mass is 16.5. The van der Waals surface area contributed by atoms with E-state index >= 15 is 0 Å². The number of likely N-dealkylation sites (tertiary alicyclic amines) is 1. The van der Waals surface area contributed by atoms with E-state index in [1.807, 2.05) is 31.2 Å². The highest BCUT2D eigenvalue weighted by Crippen LogP contribution is 2.22. The van der Waals surface area contributed by atoms with E-state index in [0.29, 0.717) is 45.6 Å². The molecule has 0 radical (unpaired) electrons. The van der Waals surface area contributed by atoms with Crippen LogP contribution >= 0.6 is 0 Å². The average molecular weight is 373 g/mol. The third kappa shape index (κ3) is 4.40. The first-order chi connectivity index (χ1) is 13.0. The fourth-order valence-corrected chi connectivity index (χ4v) is 3.58. The molecule has 0 N–H and O–H groups in total. The lowest BCUT2D eigenvalue weighted by molar-refractivity contribution is -0.151. The van der Waals surface area contributed by atoms with Crippen molar-refractivity contribution < 1.29 is 19.1 Å². The summed E-state index contributed by atoms with van der Waals surface area (Å²) in [4.78, 5) is 42.1. The third-order valence-corrected chi connectivity index (χ3v) is 5.23. The van der Waals surface area contributed by atoms with Crippen LogP contribution in [-0.4, -0.2) is 67.0 Å². The largest absolute Gasteiger partial charge is 0.466 e. The summed E-state index contributed by atoms with van der Waals surface area (Å²) in [6.45, 7) is 6.46. The van der Waals surface area contributed by atoms with Gasteiger partial charge in [0.2, 0.25) is 5.91 Å². The molecule has 0 unspecified atom stereocenters. The van der Waals surface area contributed by atoms with E-state index in [-0.39, 0.29) is 30.4 Å². The number of benzene rings is 1. The minimum Gasteiger partial charge on any atom is -0.466 e. The second kappa shape index (κ2) is 8.41. The Bertz CT molecular complexity index is 696. The summed E-state index contributed by atoms with van der Waals surface area (Å²) in [5.41, 5.74) is 2.00. The molecule has 0 aliphatic carbocycles. The van der Waals surface area contributed by atoms with Crippen LogP contribution in [-0.2, 0) is 14.3 Å². The van der Waals surface area contributed by atoms with Crippen LogP contribution in [0.15, 0.2) is 24.3 Å². The summed E-state index contributed by atoms with van der Waals surface area (Å²) >= 11 is 0. The molecule has 0 spiro atoms. The van der Waals surface area contributed by atoms with Crippen molar-refractivity contribution in [1.29, 1.82) is 0 Å². The molecule has 2 heterocycles. The number of piperidine rings is 1. The van der Waals surface area contributed by atoms with Gasteiger partial charge < -0.3 is 14.5 Å². The van der Waals surface area contributed by atoms with Crippen molar-refractivity contribution in [3.05, 3.63) is 29.8 Å². The molecular weight excluding hydrogens is 346 g/mol. The zero-order valence-electron chi connectivity index (χ0n) is 16.0. The maximum Gasteiger partial charge on any atom is 0.325 e.